The first-order valence-electron chi connectivity index (χ1n) is 18.5. The van der Waals surface area contributed by atoms with Crippen molar-refractivity contribution >= 4 is 46.4 Å². The lowest BCUT2D eigenvalue weighted by Gasteiger charge is -2.43. The molecule has 0 aliphatic carbocycles. The monoisotopic (exact) mass is 765 g/mol. The van der Waals surface area contributed by atoms with Gasteiger partial charge in [0.2, 0.25) is 17.7 Å². The van der Waals surface area contributed by atoms with Crippen LogP contribution >= 0.6 is 0 Å². The molecule has 2 aromatic rings. The molecule has 5 amide bonds. The number of para-hydroxylation sites is 1. The fourth-order valence-corrected chi connectivity index (χ4v) is 7.02. The standard InChI is InChI=1S/C40H59N7O8/c1-23(2)29(20-24(3)35(51)43-27(38(54)55)21-30(48)42-18-19-47-31(49)16-17-32(47)50)46(11)37(53)34(39(4,5)6)44-36(52)33(41-9)40(7,8)26-22-45(10)28-15-13-12-14-25(26)28/h12-17,20,22-23,27,29,33-34,37,41,53H,18-19,21H2,1-11H3,(H,42,48)(H,43,51)(H,44,52)(H,54,55)/b24-20+/t27-,29+,33+,34+,37-/m0/s1. The highest BCUT2D eigenvalue weighted by Crippen LogP contribution is 2.35. The Morgan fingerprint density at radius 2 is 1.58 bits per heavy atom. The van der Waals surface area contributed by atoms with Gasteiger partial charge in [0.15, 0.2) is 0 Å². The number of carbonyl (C=O) groups is 6. The minimum atomic E-state index is -1.56. The summed E-state index contributed by atoms with van der Waals surface area (Å²) in [5.74, 6) is -4.29. The van der Waals surface area contributed by atoms with E-state index in [-0.39, 0.29) is 30.5 Å². The zero-order chi connectivity index (χ0) is 41.6. The van der Waals surface area contributed by atoms with Gasteiger partial charge in [-0.05, 0) is 44.0 Å². The zero-order valence-electron chi connectivity index (χ0n) is 33.9. The summed E-state index contributed by atoms with van der Waals surface area (Å²) >= 11 is 0. The summed E-state index contributed by atoms with van der Waals surface area (Å²) in [6.45, 7) is 14.9. The lowest BCUT2D eigenvalue weighted by atomic mass is 9.76. The number of amides is 5. The molecule has 1 aromatic carbocycles. The van der Waals surface area contributed by atoms with Crippen molar-refractivity contribution in [2.45, 2.75) is 97.6 Å². The van der Waals surface area contributed by atoms with Crippen LogP contribution in [-0.2, 0) is 41.2 Å². The van der Waals surface area contributed by atoms with Gasteiger partial charge >= 0.3 is 5.97 Å². The van der Waals surface area contributed by atoms with Gasteiger partial charge in [-0.25, -0.2) is 4.79 Å². The van der Waals surface area contributed by atoms with E-state index in [1.807, 2.05) is 90.5 Å². The number of nitrogens with zero attached hydrogens (tertiary/aromatic N) is 3. The van der Waals surface area contributed by atoms with Gasteiger partial charge in [-0.15, -0.1) is 0 Å². The molecule has 0 fully saturated rings. The maximum Gasteiger partial charge on any atom is 0.326 e. The summed E-state index contributed by atoms with van der Waals surface area (Å²) in [7, 11) is 5.40. The number of carboxylic acid groups (broad SMARTS) is 1. The summed E-state index contributed by atoms with van der Waals surface area (Å²) in [4.78, 5) is 78.1. The molecule has 15 nitrogen and oxygen atoms in total. The van der Waals surface area contributed by atoms with Crippen molar-refractivity contribution in [2.24, 2.45) is 18.4 Å². The molecule has 0 unspecified atom stereocenters. The molecule has 1 aromatic heterocycles. The molecule has 3 rings (SSSR count). The highest BCUT2D eigenvalue weighted by molar-refractivity contribution is 6.12. The minimum Gasteiger partial charge on any atom is -0.480 e. The lowest BCUT2D eigenvalue weighted by Crippen LogP contribution is -2.63. The number of rotatable bonds is 18. The quantitative estimate of drug-likeness (QED) is 0.0739. The number of imide groups is 1. The van der Waals surface area contributed by atoms with E-state index in [1.54, 1.807) is 25.1 Å². The number of aliphatic hydroxyl groups is 1. The van der Waals surface area contributed by atoms with Crippen LogP contribution in [0.1, 0.15) is 67.4 Å². The molecule has 0 saturated heterocycles. The summed E-state index contributed by atoms with van der Waals surface area (Å²) in [6.07, 6.45) is 4.11. The molecule has 302 valence electrons. The first-order chi connectivity index (χ1) is 25.5. The van der Waals surface area contributed by atoms with Crippen molar-refractivity contribution in [1.29, 1.82) is 0 Å². The van der Waals surface area contributed by atoms with Gasteiger partial charge < -0.3 is 36.0 Å². The second kappa shape index (κ2) is 18.2. The van der Waals surface area contributed by atoms with E-state index in [1.165, 1.54) is 6.92 Å². The van der Waals surface area contributed by atoms with Crippen LogP contribution in [0.25, 0.3) is 10.9 Å². The number of likely N-dealkylation sites (N-methyl/N-ethyl adjacent to an activating group) is 2. The lowest BCUT2D eigenvalue weighted by molar-refractivity contribution is -0.143. The molecule has 6 N–H and O–H groups in total. The number of fused-ring (bicyclic) bond motifs is 1. The maximum absolute atomic E-state index is 14.2. The summed E-state index contributed by atoms with van der Waals surface area (Å²) < 4.78 is 2.04. The third-order valence-corrected chi connectivity index (χ3v) is 10.3. The van der Waals surface area contributed by atoms with Crippen molar-refractivity contribution in [3.8, 4) is 0 Å². The van der Waals surface area contributed by atoms with Crippen LogP contribution in [0.4, 0.5) is 0 Å². The van der Waals surface area contributed by atoms with Crippen LogP contribution in [0.3, 0.4) is 0 Å². The van der Waals surface area contributed by atoms with Crippen LogP contribution in [0.2, 0.25) is 0 Å². The highest BCUT2D eigenvalue weighted by Gasteiger charge is 2.42. The van der Waals surface area contributed by atoms with Crippen LogP contribution in [0.15, 0.2) is 54.3 Å². The van der Waals surface area contributed by atoms with E-state index in [4.69, 9.17) is 0 Å². The molecule has 15 heteroatoms. The normalized spacial score (nSPS) is 16.7. The Morgan fingerprint density at radius 1 is 0.982 bits per heavy atom. The Morgan fingerprint density at radius 3 is 2.13 bits per heavy atom. The number of aryl methyl sites for hydroxylation is 1. The molecule has 55 heavy (non-hydrogen) atoms. The number of aliphatic hydroxyl groups excluding tert-OH is 1. The number of hydrogen-bond donors (Lipinski definition) is 6. The topological polar surface area (TPSA) is 202 Å². The fourth-order valence-electron chi connectivity index (χ4n) is 7.02. The molecular weight excluding hydrogens is 706 g/mol. The van der Waals surface area contributed by atoms with Crippen molar-refractivity contribution in [2.75, 3.05) is 27.2 Å². The Bertz CT molecular complexity index is 1800. The van der Waals surface area contributed by atoms with Gasteiger partial charge in [0.05, 0.1) is 18.5 Å². The van der Waals surface area contributed by atoms with E-state index in [2.05, 4.69) is 21.3 Å². The first kappa shape index (κ1) is 44.5. The third kappa shape index (κ3) is 10.7. The Labute approximate surface area is 323 Å². The average molecular weight is 766 g/mol. The van der Waals surface area contributed by atoms with Gasteiger partial charge in [0.25, 0.3) is 11.8 Å². The van der Waals surface area contributed by atoms with Crippen LogP contribution < -0.4 is 21.3 Å². The number of carboxylic acids is 1. The number of carbonyl (C=O) groups excluding carboxylic acids is 5. The highest BCUT2D eigenvalue weighted by atomic mass is 16.4. The number of nitrogens with one attached hydrogen (secondary N) is 4. The molecular formula is C40H59N7O8. The number of benzene rings is 1. The van der Waals surface area contributed by atoms with E-state index in [0.717, 1.165) is 33.5 Å². The average Bonchev–Trinajstić information content (AvgIpc) is 3.62. The number of aromatic nitrogens is 1. The Balaban J connectivity index is 1.75. The fraction of sp³-hybridized carbons (Fsp3) is 0.550. The second-order valence-corrected chi connectivity index (χ2v) is 16.2. The molecule has 0 spiro atoms. The molecule has 0 radical (unpaired) electrons. The molecule has 5 atom stereocenters. The van der Waals surface area contributed by atoms with Crippen molar-refractivity contribution < 1.29 is 39.0 Å². The smallest absolute Gasteiger partial charge is 0.326 e. The predicted octanol–water partition coefficient (Wildman–Crippen LogP) is 1.80. The zero-order valence-corrected chi connectivity index (χ0v) is 33.9. The summed E-state index contributed by atoms with van der Waals surface area (Å²) in [6, 6.07) is 4.49. The van der Waals surface area contributed by atoms with Crippen molar-refractivity contribution in [3.63, 3.8) is 0 Å². The van der Waals surface area contributed by atoms with E-state index in [9.17, 15) is 39.0 Å². The molecule has 0 saturated carbocycles. The van der Waals surface area contributed by atoms with Crippen LogP contribution in [0, 0.1) is 11.3 Å². The second-order valence-electron chi connectivity index (χ2n) is 16.2. The van der Waals surface area contributed by atoms with Crippen LogP contribution in [-0.4, -0.2) is 118 Å². The molecule has 1 aliphatic heterocycles. The van der Waals surface area contributed by atoms with Gasteiger partial charge in [0, 0.05) is 66.4 Å². The molecule has 1 aliphatic rings. The minimum absolute atomic E-state index is 0.0861. The number of aliphatic carboxylic acids is 1. The Kier molecular flexibility index (Phi) is 14.7. The van der Waals surface area contributed by atoms with Gasteiger partial charge in [-0.3, -0.25) is 33.8 Å². The summed E-state index contributed by atoms with van der Waals surface area (Å²) in [5.41, 5.74) is 0.931. The Hall–Kier alpha value is -4.86. The predicted molar refractivity (Wildman–Crippen MR) is 209 cm³/mol. The van der Waals surface area contributed by atoms with E-state index >= 15 is 0 Å². The van der Waals surface area contributed by atoms with Crippen LogP contribution in [0.5, 0.6) is 0 Å². The largest absolute Gasteiger partial charge is 0.480 e. The number of hydrogen-bond acceptors (Lipinski definition) is 9. The van der Waals surface area contributed by atoms with Gasteiger partial charge in [0.1, 0.15) is 12.3 Å². The van der Waals surface area contributed by atoms with E-state index < -0.39 is 77.2 Å². The molecule has 0 bridgehead atoms. The van der Waals surface area contributed by atoms with Crippen molar-refractivity contribution in [1.82, 2.24) is 35.6 Å². The van der Waals surface area contributed by atoms with E-state index in [0.29, 0.717) is 0 Å². The van der Waals surface area contributed by atoms with Crippen molar-refractivity contribution in [3.05, 3.63) is 59.8 Å². The third-order valence-electron chi connectivity index (χ3n) is 10.3. The summed E-state index contributed by atoms with van der Waals surface area (Å²) in [5, 5.41) is 34.0. The molecule has 2 heterocycles. The van der Waals surface area contributed by atoms with Gasteiger partial charge in [-0.2, -0.15) is 0 Å². The first-order valence-corrected chi connectivity index (χ1v) is 18.5. The van der Waals surface area contributed by atoms with Gasteiger partial charge in [-0.1, -0.05) is 72.7 Å². The SMILES string of the molecule is CN[C@H](C(=O)N[C@H]([C@H](O)N(C)[C@H](/C=C(\C)C(=O)N[C@@H](CC(=O)NCCN1C(=O)C=CC1=O)C(=O)O)C(C)C)C(C)(C)C)C(C)(C)c1cn(C)c2ccccc12. The maximum atomic E-state index is 14.2.